The van der Waals surface area contributed by atoms with Crippen molar-refractivity contribution in [2.24, 2.45) is 5.73 Å². The number of primary amides is 1. The lowest BCUT2D eigenvalue weighted by Gasteiger charge is -2.40. The van der Waals surface area contributed by atoms with E-state index in [9.17, 15) is 4.79 Å². The van der Waals surface area contributed by atoms with Gasteiger partial charge in [-0.25, -0.2) is 0 Å². The van der Waals surface area contributed by atoms with Crippen molar-refractivity contribution in [3.63, 3.8) is 0 Å². The second kappa shape index (κ2) is 7.22. The van der Waals surface area contributed by atoms with Gasteiger partial charge >= 0.3 is 0 Å². The quantitative estimate of drug-likeness (QED) is 0.900. The SMILES string of the molecule is NC(=O)C1c2cc[c]cc2CCN1C(Cc1ccccc1)C1=COCO1. The number of hydrogen-bond acceptors (Lipinski definition) is 4. The summed E-state index contributed by atoms with van der Waals surface area (Å²) in [4.78, 5) is 14.5. The summed E-state index contributed by atoms with van der Waals surface area (Å²) in [7, 11) is 0. The van der Waals surface area contributed by atoms with Crippen molar-refractivity contribution >= 4 is 5.91 Å². The molecule has 4 rings (SSSR count). The van der Waals surface area contributed by atoms with Gasteiger partial charge in [-0.1, -0.05) is 48.5 Å². The number of carbonyl (C=O) groups is 1. The second-order valence-corrected chi connectivity index (χ2v) is 6.57. The molecule has 2 aliphatic rings. The van der Waals surface area contributed by atoms with E-state index in [2.05, 4.69) is 23.1 Å². The van der Waals surface area contributed by atoms with E-state index in [4.69, 9.17) is 15.2 Å². The number of ether oxygens (including phenoxy) is 2. The molecule has 2 atom stereocenters. The number of hydrogen-bond donors (Lipinski definition) is 1. The molecule has 2 N–H and O–H groups in total. The lowest BCUT2D eigenvalue weighted by atomic mass is 9.89. The summed E-state index contributed by atoms with van der Waals surface area (Å²) in [6.07, 6.45) is 3.21. The fourth-order valence-corrected chi connectivity index (χ4v) is 3.82. The Morgan fingerprint density at radius 2 is 2.15 bits per heavy atom. The van der Waals surface area contributed by atoms with E-state index < -0.39 is 6.04 Å². The van der Waals surface area contributed by atoms with E-state index >= 15 is 0 Å². The van der Waals surface area contributed by atoms with E-state index in [0.29, 0.717) is 6.42 Å². The number of carbonyl (C=O) groups excluding carboxylic acids is 1. The van der Waals surface area contributed by atoms with Gasteiger partial charge in [-0.05, 0) is 35.6 Å². The van der Waals surface area contributed by atoms with Crippen LogP contribution in [-0.2, 0) is 27.1 Å². The third kappa shape index (κ3) is 3.18. The minimum Gasteiger partial charge on any atom is -0.462 e. The van der Waals surface area contributed by atoms with E-state index in [1.54, 1.807) is 6.26 Å². The normalized spacial score (nSPS) is 20.5. The van der Waals surface area contributed by atoms with Gasteiger partial charge in [0.05, 0.1) is 6.04 Å². The zero-order valence-corrected chi connectivity index (χ0v) is 14.4. The Labute approximate surface area is 153 Å². The maximum atomic E-state index is 12.4. The molecule has 0 fully saturated rings. The van der Waals surface area contributed by atoms with Crippen molar-refractivity contribution in [1.82, 2.24) is 4.90 Å². The Balaban J connectivity index is 1.71. The third-order valence-electron chi connectivity index (χ3n) is 5.02. The lowest BCUT2D eigenvalue weighted by molar-refractivity contribution is -0.124. The molecule has 1 amide bonds. The second-order valence-electron chi connectivity index (χ2n) is 6.57. The molecule has 5 heteroatoms. The van der Waals surface area contributed by atoms with E-state index in [1.165, 1.54) is 5.56 Å². The molecule has 2 aromatic rings. The van der Waals surface area contributed by atoms with Crippen LogP contribution in [0.25, 0.3) is 0 Å². The van der Waals surface area contributed by atoms with Crippen LogP contribution in [0.5, 0.6) is 0 Å². The van der Waals surface area contributed by atoms with Crippen molar-refractivity contribution < 1.29 is 14.3 Å². The highest BCUT2D eigenvalue weighted by Gasteiger charge is 2.38. The van der Waals surface area contributed by atoms with Crippen LogP contribution in [-0.4, -0.2) is 30.2 Å². The van der Waals surface area contributed by atoms with Gasteiger partial charge in [0.1, 0.15) is 12.3 Å². The molecule has 2 aromatic carbocycles. The van der Waals surface area contributed by atoms with Gasteiger partial charge in [-0.15, -0.1) is 0 Å². The van der Waals surface area contributed by atoms with Gasteiger partial charge in [-0.3, -0.25) is 9.69 Å². The highest BCUT2D eigenvalue weighted by molar-refractivity contribution is 5.82. The molecule has 5 nitrogen and oxygen atoms in total. The molecular formula is C21H21N2O3. The fourth-order valence-electron chi connectivity index (χ4n) is 3.82. The highest BCUT2D eigenvalue weighted by Crippen LogP contribution is 2.34. The molecule has 0 aliphatic carbocycles. The lowest BCUT2D eigenvalue weighted by Crippen LogP contribution is -2.49. The highest BCUT2D eigenvalue weighted by atomic mass is 16.7. The Hall–Kier alpha value is -2.79. The average Bonchev–Trinajstić information content (AvgIpc) is 3.20. The van der Waals surface area contributed by atoms with Crippen molar-refractivity contribution in [2.45, 2.75) is 24.9 Å². The van der Waals surface area contributed by atoms with Gasteiger partial charge in [-0.2, -0.15) is 0 Å². The molecule has 26 heavy (non-hydrogen) atoms. The van der Waals surface area contributed by atoms with Gasteiger partial charge in [0.2, 0.25) is 12.7 Å². The number of benzene rings is 2. The number of nitrogens with two attached hydrogens (primary N) is 1. The minimum absolute atomic E-state index is 0.116. The summed E-state index contributed by atoms with van der Waals surface area (Å²) in [6.45, 7) is 0.928. The number of fused-ring (bicyclic) bond motifs is 1. The van der Waals surface area contributed by atoms with Crippen LogP contribution in [0.1, 0.15) is 22.7 Å². The third-order valence-corrected chi connectivity index (χ3v) is 5.02. The smallest absolute Gasteiger partial charge is 0.239 e. The summed E-state index contributed by atoms with van der Waals surface area (Å²) in [5.74, 6) is 0.390. The van der Waals surface area contributed by atoms with Crippen molar-refractivity contribution in [1.29, 1.82) is 0 Å². The van der Waals surface area contributed by atoms with Gasteiger partial charge in [0.15, 0.2) is 5.76 Å². The molecule has 0 saturated heterocycles. The molecule has 133 valence electrons. The molecule has 2 unspecified atom stereocenters. The Morgan fingerprint density at radius 1 is 1.31 bits per heavy atom. The largest absolute Gasteiger partial charge is 0.462 e. The first-order valence-electron chi connectivity index (χ1n) is 8.76. The van der Waals surface area contributed by atoms with Crippen LogP contribution in [0, 0.1) is 6.07 Å². The monoisotopic (exact) mass is 349 g/mol. The Morgan fingerprint density at radius 3 is 2.88 bits per heavy atom. The van der Waals surface area contributed by atoms with Crippen molar-refractivity contribution in [3.05, 3.63) is 83.3 Å². The number of rotatable bonds is 5. The van der Waals surface area contributed by atoms with E-state index in [0.717, 1.165) is 29.9 Å². The van der Waals surface area contributed by atoms with Crippen LogP contribution in [0.2, 0.25) is 0 Å². The maximum Gasteiger partial charge on any atom is 0.239 e. The molecule has 0 aromatic heterocycles. The van der Waals surface area contributed by atoms with Crippen LogP contribution >= 0.6 is 0 Å². The summed E-state index contributed by atoms with van der Waals surface area (Å²) in [5.41, 5.74) is 9.08. The fraction of sp³-hybridized carbons (Fsp3) is 0.286. The molecular weight excluding hydrogens is 328 g/mol. The average molecular weight is 349 g/mol. The Kier molecular flexibility index (Phi) is 4.63. The van der Waals surface area contributed by atoms with Crippen molar-refractivity contribution in [3.8, 4) is 0 Å². The first kappa shape index (κ1) is 16.7. The van der Waals surface area contributed by atoms with E-state index in [1.807, 2.05) is 36.4 Å². The standard InChI is InChI=1S/C21H21N2O3/c22-21(24)20-17-9-5-4-8-16(17)10-11-23(20)18(19-13-25-14-26-19)12-15-6-2-1-3-7-15/h1-3,5-9,13,18,20H,10-12,14H2,(H2,22,24). The van der Waals surface area contributed by atoms with Gasteiger partial charge in [0, 0.05) is 6.54 Å². The van der Waals surface area contributed by atoms with Crippen LogP contribution in [0.15, 0.2) is 60.6 Å². The van der Waals surface area contributed by atoms with Gasteiger partial charge < -0.3 is 15.2 Å². The molecule has 0 spiro atoms. The first-order valence-corrected chi connectivity index (χ1v) is 8.76. The number of nitrogens with zero attached hydrogens (tertiary/aromatic N) is 1. The molecule has 2 aliphatic heterocycles. The molecule has 0 saturated carbocycles. The summed E-state index contributed by atoms with van der Waals surface area (Å²) < 4.78 is 11.0. The Bertz CT molecular complexity index is 819. The predicted molar refractivity (Wildman–Crippen MR) is 96.7 cm³/mol. The van der Waals surface area contributed by atoms with Crippen LogP contribution in [0.4, 0.5) is 0 Å². The maximum absolute atomic E-state index is 12.4. The van der Waals surface area contributed by atoms with Crippen LogP contribution < -0.4 is 5.73 Å². The van der Waals surface area contributed by atoms with E-state index in [-0.39, 0.29) is 18.7 Å². The minimum atomic E-state index is -0.493. The summed E-state index contributed by atoms with van der Waals surface area (Å²) in [5, 5.41) is 0. The topological polar surface area (TPSA) is 64.8 Å². The molecule has 0 bridgehead atoms. The first-order chi connectivity index (χ1) is 12.7. The predicted octanol–water partition coefficient (Wildman–Crippen LogP) is 2.33. The van der Waals surface area contributed by atoms with Gasteiger partial charge in [0.25, 0.3) is 0 Å². The summed E-state index contributed by atoms with van der Waals surface area (Å²) in [6, 6.07) is 18.4. The zero-order valence-electron chi connectivity index (χ0n) is 14.4. The zero-order chi connectivity index (χ0) is 17.9. The molecule has 1 radical (unpaired) electrons. The summed E-state index contributed by atoms with van der Waals surface area (Å²) >= 11 is 0. The van der Waals surface area contributed by atoms with Crippen molar-refractivity contribution in [2.75, 3.05) is 13.3 Å². The van der Waals surface area contributed by atoms with Crippen LogP contribution in [0.3, 0.4) is 0 Å². The number of amides is 1. The molecule has 2 heterocycles.